The highest BCUT2D eigenvalue weighted by Crippen LogP contribution is 2.07. The second-order valence-electron chi connectivity index (χ2n) is 3.46. The van der Waals surface area contributed by atoms with Crippen molar-refractivity contribution in [1.82, 2.24) is 10.3 Å². The summed E-state index contributed by atoms with van der Waals surface area (Å²) in [5, 5.41) is 5.51. The van der Waals surface area contributed by atoms with E-state index in [1.54, 1.807) is 6.92 Å². The Morgan fingerprint density at radius 3 is 2.82 bits per heavy atom. The zero-order valence-electron chi connectivity index (χ0n) is 9.99. The Labute approximate surface area is 104 Å². The lowest BCUT2D eigenvalue weighted by atomic mass is 10.3. The van der Waals surface area contributed by atoms with Crippen molar-refractivity contribution < 1.29 is 14.3 Å². The molecule has 6 heteroatoms. The minimum atomic E-state index is -0.340. The van der Waals surface area contributed by atoms with Crippen LogP contribution in [0.5, 0.6) is 0 Å². The van der Waals surface area contributed by atoms with Crippen LogP contribution in [0.1, 0.15) is 30.5 Å². The standard InChI is InChI=1S/C11H16N2O3S/c1-3-16-11(15)5-4-9(14)12-6-10-13-8(2)7-17-10/h7H,3-6H2,1-2H3,(H,12,14). The summed E-state index contributed by atoms with van der Waals surface area (Å²) in [5.41, 5.74) is 0.950. The Bertz CT molecular complexity index is 390. The molecule has 0 unspecified atom stereocenters. The Morgan fingerprint density at radius 2 is 2.24 bits per heavy atom. The number of hydrogen-bond acceptors (Lipinski definition) is 5. The van der Waals surface area contributed by atoms with Crippen molar-refractivity contribution in [1.29, 1.82) is 0 Å². The number of aryl methyl sites for hydroxylation is 1. The van der Waals surface area contributed by atoms with Gasteiger partial charge in [-0.25, -0.2) is 4.98 Å². The molecule has 1 rings (SSSR count). The molecule has 1 heterocycles. The van der Waals surface area contributed by atoms with Crippen molar-refractivity contribution in [3.05, 3.63) is 16.1 Å². The summed E-state index contributed by atoms with van der Waals surface area (Å²) in [6, 6.07) is 0. The van der Waals surface area contributed by atoms with Crippen molar-refractivity contribution in [2.75, 3.05) is 6.61 Å². The Hall–Kier alpha value is -1.43. The maximum atomic E-state index is 11.4. The molecule has 0 atom stereocenters. The number of carbonyl (C=O) groups is 2. The summed E-state index contributed by atoms with van der Waals surface area (Å²) in [7, 11) is 0. The average molecular weight is 256 g/mol. The summed E-state index contributed by atoms with van der Waals surface area (Å²) < 4.78 is 4.73. The molecule has 5 nitrogen and oxygen atoms in total. The van der Waals surface area contributed by atoms with Gasteiger partial charge in [-0.1, -0.05) is 0 Å². The fourth-order valence-corrected chi connectivity index (χ4v) is 1.91. The third-order valence-electron chi connectivity index (χ3n) is 1.96. The predicted molar refractivity (Wildman–Crippen MR) is 64.6 cm³/mol. The number of ether oxygens (including phenoxy) is 1. The molecular formula is C11H16N2O3S. The summed E-state index contributed by atoms with van der Waals surface area (Å²) in [5.74, 6) is -0.501. The molecule has 0 bridgehead atoms. The molecule has 0 aliphatic carbocycles. The van der Waals surface area contributed by atoms with E-state index in [1.165, 1.54) is 11.3 Å². The topological polar surface area (TPSA) is 68.3 Å². The molecular weight excluding hydrogens is 240 g/mol. The number of amides is 1. The van der Waals surface area contributed by atoms with Crippen LogP contribution in [0.15, 0.2) is 5.38 Å². The number of rotatable bonds is 6. The Kier molecular flexibility index (Phi) is 5.62. The number of carbonyl (C=O) groups excluding carboxylic acids is 2. The molecule has 1 amide bonds. The van der Waals surface area contributed by atoms with E-state index in [0.717, 1.165) is 10.7 Å². The molecule has 0 aliphatic heterocycles. The summed E-state index contributed by atoms with van der Waals surface area (Å²) in [6.45, 7) is 4.41. The van der Waals surface area contributed by atoms with Gasteiger partial charge in [0.2, 0.25) is 5.91 Å². The molecule has 0 saturated heterocycles. The first-order valence-electron chi connectivity index (χ1n) is 5.45. The molecule has 0 aromatic carbocycles. The van der Waals surface area contributed by atoms with E-state index in [1.807, 2.05) is 12.3 Å². The lowest BCUT2D eigenvalue weighted by Crippen LogP contribution is -2.23. The molecule has 0 fully saturated rings. The smallest absolute Gasteiger partial charge is 0.306 e. The second-order valence-corrected chi connectivity index (χ2v) is 4.41. The molecule has 1 N–H and O–H groups in total. The lowest BCUT2D eigenvalue weighted by Gasteiger charge is -2.03. The molecule has 17 heavy (non-hydrogen) atoms. The van der Waals surface area contributed by atoms with Crippen LogP contribution < -0.4 is 5.32 Å². The van der Waals surface area contributed by atoms with Gasteiger partial charge in [0.25, 0.3) is 0 Å². The lowest BCUT2D eigenvalue weighted by molar-refractivity contribution is -0.144. The van der Waals surface area contributed by atoms with E-state index in [9.17, 15) is 9.59 Å². The van der Waals surface area contributed by atoms with Crippen LogP contribution in [0.25, 0.3) is 0 Å². The van der Waals surface area contributed by atoms with Gasteiger partial charge in [0.1, 0.15) is 5.01 Å². The largest absolute Gasteiger partial charge is 0.466 e. The Balaban J connectivity index is 2.19. The molecule has 94 valence electrons. The van der Waals surface area contributed by atoms with Gasteiger partial charge in [0, 0.05) is 17.5 Å². The van der Waals surface area contributed by atoms with Crippen LogP contribution in [0.2, 0.25) is 0 Å². The van der Waals surface area contributed by atoms with Crippen LogP contribution >= 0.6 is 11.3 Å². The number of nitrogens with zero attached hydrogens (tertiary/aromatic N) is 1. The molecule has 0 saturated carbocycles. The third-order valence-corrected chi connectivity index (χ3v) is 2.93. The Morgan fingerprint density at radius 1 is 1.47 bits per heavy atom. The number of esters is 1. The first kappa shape index (κ1) is 13.6. The predicted octanol–water partition coefficient (Wildman–Crippen LogP) is 1.41. The van der Waals surface area contributed by atoms with Crippen LogP contribution in [0.4, 0.5) is 0 Å². The molecule has 0 spiro atoms. The first-order chi connectivity index (χ1) is 8.11. The van der Waals surface area contributed by atoms with E-state index in [4.69, 9.17) is 4.74 Å². The fourth-order valence-electron chi connectivity index (χ4n) is 1.20. The van der Waals surface area contributed by atoms with Gasteiger partial charge in [-0.15, -0.1) is 11.3 Å². The monoisotopic (exact) mass is 256 g/mol. The number of hydrogen-bond donors (Lipinski definition) is 1. The van der Waals surface area contributed by atoms with Crippen molar-refractivity contribution in [2.45, 2.75) is 33.2 Å². The third kappa shape index (κ3) is 5.44. The van der Waals surface area contributed by atoms with Crippen molar-refractivity contribution in [2.24, 2.45) is 0 Å². The van der Waals surface area contributed by atoms with E-state index in [0.29, 0.717) is 13.2 Å². The van der Waals surface area contributed by atoms with Crippen LogP contribution in [-0.4, -0.2) is 23.5 Å². The van der Waals surface area contributed by atoms with Crippen molar-refractivity contribution in [3.63, 3.8) is 0 Å². The van der Waals surface area contributed by atoms with Crippen LogP contribution in [0.3, 0.4) is 0 Å². The highest BCUT2D eigenvalue weighted by molar-refractivity contribution is 7.09. The second kappa shape index (κ2) is 7.01. The fraction of sp³-hybridized carbons (Fsp3) is 0.545. The minimum absolute atomic E-state index is 0.122. The van der Waals surface area contributed by atoms with E-state index < -0.39 is 0 Å². The number of thiazole rings is 1. The van der Waals surface area contributed by atoms with Crippen LogP contribution in [0, 0.1) is 6.92 Å². The van der Waals surface area contributed by atoms with Gasteiger partial charge in [-0.3, -0.25) is 9.59 Å². The molecule has 1 aromatic heterocycles. The molecule has 0 radical (unpaired) electrons. The van der Waals surface area contributed by atoms with E-state index in [2.05, 4.69) is 10.3 Å². The van der Waals surface area contributed by atoms with Gasteiger partial charge in [-0.2, -0.15) is 0 Å². The highest BCUT2D eigenvalue weighted by atomic mass is 32.1. The van der Waals surface area contributed by atoms with Crippen molar-refractivity contribution >= 4 is 23.2 Å². The van der Waals surface area contributed by atoms with Crippen LogP contribution in [-0.2, 0) is 20.9 Å². The zero-order chi connectivity index (χ0) is 12.7. The van der Waals surface area contributed by atoms with Gasteiger partial charge >= 0.3 is 5.97 Å². The SMILES string of the molecule is CCOC(=O)CCC(=O)NCc1nc(C)cs1. The summed E-state index contributed by atoms with van der Waals surface area (Å²) in [6.07, 6.45) is 0.278. The molecule has 1 aromatic rings. The maximum absolute atomic E-state index is 11.4. The number of aromatic nitrogens is 1. The summed E-state index contributed by atoms with van der Waals surface area (Å²) >= 11 is 1.51. The van der Waals surface area contributed by atoms with E-state index in [-0.39, 0.29) is 24.7 Å². The maximum Gasteiger partial charge on any atom is 0.306 e. The van der Waals surface area contributed by atoms with Gasteiger partial charge in [0.05, 0.1) is 19.6 Å². The van der Waals surface area contributed by atoms with Crippen molar-refractivity contribution in [3.8, 4) is 0 Å². The first-order valence-corrected chi connectivity index (χ1v) is 6.33. The number of nitrogens with one attached hydrogen (secondary N) is 1. The summed E-state index contributed by atoms with van der Waals surface area (Å²) in [4.78, 5) is 26.6. The normalized spacial score (nSPS) is 10.0. The highest BCUT2D eigenvalue weighted by Gasteiger charge is 2.07. The zero-order valence-corrected chi connectivity index (χ0v) is 10.8. The van der Waals surface area contributed by atoms with Gasteiger partial charge in [0.15, 0.2) is 0 Å². The van der Waals surface area contributed by atoms with Gasteiger partial charge in [-0.05, 0) is 13.8 Å². The minimum Gasteiger partial charge on any atom is -0.466 e. The van der Waals surface area contributed by atoms with Gasteiger partial charge < -0.3 is 10.1 Å². The molecule has 0 aliphatic rings. The quantitative estimate of drug-likeness (QED) is 0.781. The average Bonchev–Trinajstić information content (AvgIpc) is 2.70. The van der Waals surface area contributed by atoms with E-state index >= 15 is 0 Å².